The molecule has 0 radical (unpaired) electrons. The number of carboxylic acid groups (broad SMARTS) is 1. The lowest BCUT2D eigenvalue weighted by atomic mass is 10.5. The van der Waals surface area contributed by atoms with Crippen molar-refractivity contribution < 1.29 is 18.3 Å². The van der Waals surface area contributed by atoms with E-state index in [-0.39, 0.29) is 6.42 Å². The number of hydrogen-bond donors (Lipinski definition) is 2. The summed E-state index contributed by atoms with van der Waals surface area (Å²) in [6, 6.07) is 0. The Morgan fingerprint density at radius 2 is 2.00 bits per heavy atom. The van der Waals surface area contributed by atoms with Crippen LogP contribution < -0.4 is 4.83 Å². The Labute approximate surface area is 71.2 Å². The Morgan fingerprint density at radius 1 is 1.50 bits per heavy atom. The molecule has 0 aromatic heterocycles. The summed E-state index contributed by atoms with van der Waals surface area (Å²) in [5, 5.41) is 9.45. The normalized spacial score (nSPS) is 11.9. The first-order valence-corrected chi connectivity index (χ1v) is 4.88. The van der Waals surface area contributed by atoms with Gasteiger partial charge in [-0.3, -0.25) is 4.79 Å². The summed E-state index contributed by atoms with van der Waals surface area (Å²) in [5.41, 5.74) is 0. The van der Waals surface area contributed by atoms with Crippen LogP contribution >= 0.6 is 0 Å². The molecule has 6 nitrogen and oxygen atoms in total. The Morgan fingerprint density at radius 3 is 2.33 bits per heavy atom. The molecule has 7 heteroatoms. The van der Waals surface area contributed by atoms with Gasteiger partial charge in [0, 0.05) is 14.1 Å². The van der Waals surface area contributed by atoms with Crippen molar-refractivity contribution in [3.05, 3.63) is 0 Å². The van der Waals surface area contributed by atoms with Gasteiger partial charge in [0.15, 0.2) is 0 Å². The number of carboxylic acids is 1. The summed E-state index contributed by atoms with van der Waals surface area (Å²) in [7, 11) is -0.456. The van der Waals surface area contributed by atoms with Crippen LogP contribution in [0, 0.1) is 0 Å². The minimum absolute atomic E-state index is 0.386. The quantitative estimate of drug-likeness (QED) is 0.543. The Bertz CT molecular complexity index is 246. The van der Waals surface area contributed by atoms with E-state index in [2.05, 4.69) is 4.83 Å². The van der Waals surface area contributed by atoms with Gasteiger partial charge in [0.25, 0.3) is 0 Å². The lowest BCUT2D eigenvalue weighted by Gasteiger charge is -2.11. The molecule has 0 bridgehead atoms. The van der Waals surface area contributed by atoms with E-state index in [1.807, 2.05) is 0 Å². The fraction of sp³-hybridized carbons (Fsp3) is 0.800. The molecule has 0 unspecified atom stereocenters. The molecule has 0 fully saturated rings. The molecule has 12 heavy (non-hydrogen) atoms. The average Bonchev–Trinajstić information content (AvgIpc) is 1.81. The molecule has 0 aromatic carbocycles. The predicted molar refractivity (Wildman–Crippen MR) is 42.9 cm³/mol. The minimum atomic E-state index is -3.48. The maximum absolute atomic E-state index is 10.9. The van der Waals surface area contributed by atoms with Crippen LogP contribution in [0.3, 0.4) is 0 Å². The van der Waals surface area contributed by atoms with Gasteiger partial charge in [0.05, 0.1) is 12.2 Å². The van der Waals surface area contributed by atoms with Gasteiger partial charge in [-0.1, -0.05) is 0 Å². The molecular formula is C5H12N2O4S. The van der Waals surface area contributed by atoms with E-state index in [1.54, 1.807) is 0 Å². The minimum Gasteiger partial charge on any atom is -0.481 e. The first-order valence-electron chi connectivity index (χ1n) is 3.23. The molecule has 0 heterocycles. The summed E-state index contributed by atoms with van der Waals surface area (Å²) in [5.74, 6) is -1.53. The smallest absolute Gasteiger partial charge is 0.304 e. The Balaban J connectivity index is 3.98. The molecule has 0 spiro atoms. The molecule has 0 aliphatic carbocycles. The number of nitrogens with zero attached hydrogens (tertiary/aromatic N) is 1. The zero-order valence-corrected chi connectivity index (χ0v) is 7.76. The highest BCUT2D eigenvalue weighted by atomic mass is 32.2. The molecule has 0 atom stereocenters. The van der Waals surface area contributed by atoms with Gasteiger partial charge in [-0.05, 0) is 0 Å². The van der Waals surface area contributed by atoms with Crippen LogP contribution in [0.15, 0.2) is 0 Å². The van der Waals surface area contributed by atoms with E-state index in [9.17, 15) is 13.2 Å². The van der Waals surface area contributed by atoms with Crippen LogP contribution in [0.25, 0.3) is 0 Å². The van der Waals surface area contributed by atoms with Crippen LogP contribution in [-0.4, -0.2) is 44.4 Å². The third-order valence-electron chi connectivity index (χ3n) is 0.906. The molecule has 0 rings (SSSR count). The molecule has 0 aromatic rings. The summed E-state index contributed by atoms with van der Waals surface area (Å²) in [4.78, 5) is 12.1. The van der Waals surface area contributed by atoms with E-state index in [1.165, 1.54) is 19.1 Å². The van der Waals surface area contributed by atoms with Crippen molar-refractivity contribution in [2.45, 2.75) is 6.42 Å². The molecular weight excluding hydrogens is 184 g/mol. The number of hydrazine groups is 1. The number of aliphatic carboxylic acids is 1. The number of sulfonamides is 1. The van der Waals surface area contributed by atoms with Gasteiger partial charge >= 0.3 is 5.97 Å². The topological polar surface area (TPSA) is 86.7 Å². The first kappa shape index (κ1) is 11.3. The lowest BCUT2D eigenvalue weighted by Crippen LogP contribution is -2.38. The zero-order chi connectivity index (χ0) is 9.78. The fourth-order valence-corrected chi connectivity index (χ4v) is 1.64. The van der Waals surface area contributed by atoms with Crippen molar-refractivity contribution in [2.75, 3.05) is 19.8 Å². The highest BCUT2D eigenvalue weighted by Crippen LogP contribution is 1.89. The fourth-order valence-electron chi connectivity index (χ4n) is 0.545. The van der Waals surface area contributed by atoms with Gasteiger partial charge in [-0.15, -0.1) is 4.83 Å². The van der Waals surface area contributed by atoms with Crippen LogP contribution in [0.5, 0.6) is 0 Å². The van der Waals surface area contributed by atoms with Gasteiger partial charge in [-0.25, -0.2) is 13.4 Å². The molecule has 0 saturated carbocycles. The van der Waals surface area contributed by atoms with Crippen molar-refractivity contribution in [3.63, 3.8) is 0 Å². The van der Waals surface area contributed by atoms with Gasteiger partial charge in [0.1, 0.15) is 0 Å². The molecule has 0 aliphatic heterocycles. The van der Waals surface area contributed by atoms with Gasteiger partial charge < -0.3 is 5.11 Å². The lowest BCUT2D eigenvalue weighted by molar-refractivity contribution is -0.136. The van der Waals surface area contributed by atoms with Crippen molar-refractivity contribution in [3.8, 4) is 0 Å². The standard InChI is InChI=1S/C5H12N2O4S/c1-7(2)6-12(10,11)4-3-5(8)9/h6H,3-4H2,1-2H3,(H,8,9). The zero-order valence-electron chi connectivity index (χ0n) is 6.94. The first-order chi connectivity index (χ1) is 5.33. The highest BCUT2D eigenvalue weighted by molar-refractivity contribution is 7.89. The van der Waals surface area contributed by atoms with E-state index in [0.29, 0.717) is 0 Å². The second-order valence-corrected chi connectivity index (χ2v) is 4.27. The van der Waals surface area contributed by atoms with Crippen molar-refractivity contribution in [2.24, 2.45) is 0 Å². The maximum Gasteiger partial charge on any atom is 0.304 e. The molecule has 0 amide bonds. The Kier molecular flexibility index (Phi) is 4.15. The third-order valence-corrected chi connectivity index (χ3v) is 2.29. The summed E-state index contributed by atoms with van der Waals surface area (Å²) in [6.07, 6.45) is -0.386. The molecule has 72 valence electrons. The van der Waals surface area contributed by atoms with Crippen LogP contribution in [0.2, 0.25) is 0 Å². The average molecular weight is 196 g/mol. The Hall–Kier alpha value is -0.660. The number of nitrogens with one attached hydrogen (secondary N) is 1. The van der Waals surface area contributed by atoms with E-state index >= 15 is 0 Å². The number of hydrogen-bond acceptors (Lipinski definition) is 4. The second kappa shape index (κ2) is 4.39. The second-order valence-electron chi connectivity index (χ2n) is 2.45. The summed E-state index contributed by atoms with van der Waals surface area (Å²) in [6.45, 7) is 0. The van der Waals surface area contributed by atoms with E-state index in [0.717, 1.165) is 0 Å². The monoisotopic (exact) mass is 196 g/mol. The van der Waals surface area contributed by atoms with Crippen molar-refractivity contribution in [1.29, 1.82) is 0 Å². The number of rotatable bonds is 5. The molecule has 2 N–H and O–H groups in total. The van der Waals surface area contributed by atoms with Crippen molar-refractivity contribution >= 4 is 16.0 Å². The third kappa shape index (κ3) is 6.08. The van der Waals surface area contributed by atoms with E-state index in [4.69, 9.17) is 5.11 Å². The maximum atomic E-state index is 10.9. The number of carbonyl (C=O) groups is 1. The summed E-state index contributed by atoms with van der Waals surface area (Å²) < 4.78 is 21.9. The molecule has 0 saturated heterocycles. The van der Waals surface area contributed by atoms with Gasteiger partial charge in [0.2, 0.25) is 10.0 Å². The van der Waals surface area contributed by atoms with Crippen LogP contribution in [0.4, 0.5) is 0 Å². The highest BCUT2D eigenvalue weighted by Gasteiger charge is 2.12. The van der Waals surface area contributed by atoms with Crippen LogP contribution in [-0.2, 0) is 14.8 Å². The molecule has 0 aliphatic rings. The predicted octanol–water partition coefficient (Wildman–Crippen LogP) is -1.14. The summed E-state index contributed by atoms with van der Waals surface area (Å²) >= 11 is 0. The van der Waals surface area contributed by atoms with Gasteiger partial charge in [-0.2, -0.15) is 0 Å². The van der Waals surface area contributed by atoms with E-state index < -0.39 is 21.7 Å². The largest absolute Gasteiger partial charge is 0.481 e. The van der Waals surface area contributed by atoms with Crippen molar-refractivity contribution in [1.82, 2.24) is 9.84 Å². The van der Waals surface area contributed by atoms with Crippen LogP contribution in [0.1, 0.15) is 6.42 Å². The SMILES string of the molecule is CN(C)NS(=O)(=O)CCC(=O)O.